The van der Waals surface area contributed by atoms with Gasteiger partial charge in [0.05, 0.1) is 0 Å². The molecule has 248 valence electrons. The fourth-order valence-electron chi connectivity index (χ4n) is 5.66. The van der Waals surface area contributed by atoms with E-state index >= 15 is 0 Å². The van der Waals surface area contributed by atoms with Gasteiger partial charge < -0.3 is 21.3 Å². The summed E-state index contributed by atoms with van der Waals surface area (Å²) in [5.41, 5.74) is 7.85. The minimum absolute atomic E-state index is 0.0536. The zero-order chi connectivity index (χ0) is 33.6. The third kappa shape index (κ3) is 10.9. The van der Waals surface area contributed by atoms with E-state index in [9.17, 15) is 19.2 Å². The van der Waals surface area contributed by atoms with Crippen LogP contribution in [0.15, 0.2) is 97.1 Å². The topological polar surface area (TPSA) is 116 Å². The number of nitrogens with one attached hydrogen (secondary N) is 4. The van der Waals surface area contributed by atoms with Crippen molar-refractivity contribution >= 4 is 23.6 Å². The summed E-state index contributed by atoms with van der Waals surface area (Å²) in [6.45, 7) is 2.09. The fourth-order valence-corrected chi connectivity index (χ4v) is 5.66. The Hall–Kier alpha value is -5.24. The second kappa shape index (κ2) is 17.6. The van der Waals surface area contributed by atoms with Crippen molar-refractivity contribution in [3.05, 3.63) is 142 Å². The summed E-state index contributed by atoms with van der Waals surface area (Å²) in [7, 11) is 0. The van der Waals surface area contributed by atoms with Crippen molar-refractivity contribution in [1.29, 1.82) is 0 Å². The zero-order valence-electron chi connectivity index (χ0n) is 27.4. The molecular formula is C40H44N4O4. The Morgan fingerprint density at radius 3 is 1.06 bits per heavy atom. The number of amides is 4. The number of carbonyl (C=O) groups is 4. The molecule has 8 rings (SSSR count). The Kier molecular flexibility index (Phi) is 12.5. The third-order valence-electron chi connectivity index (χ3n) is 8.55. The van der Waals surface area contributed by atoms with E-state index in [0.29, 0.717) is 50.1 Å². The van der Waals surface area contributed by atoms with Gasteiger partial charge in [0.15, 0.2) is 0 Å². The van der Waals surface area contributed by atoms with Crippen LogP contribution in [0.4, 0.5) is 0 Å². The number of hydrogen-bond acceptors (Lipinski definition) is 4. The summed E-state index contributed by atoms with van der Waals surface area (Å²) in [4.78, 5) is 48.4. The minimum atomic E-state index is -0.0536. The van der Waals surface area contributed by atoms with E-state index in [2.05, 4.69) is 21.3 Å². The van der Waals surface area contributed by atoms with E-state index in [1.807, 2.05) is 97.1 Å². The lowest BCUT2D eigenvalue weighted by atomic mass is 10.0. The van der Waals surface area contributed by atoms with Crippen LogP contribution in [0.1, 0.15) is 92.6 Å². The highest BCUT2D eigenvalue weighted by Gasteiger charge is 2.10. The summed E-state index contributed by atoms with van der Waals surface area (Å²) < 4.78 is 0. The van der Waals surface area contributed by atoms with Crippen LogP contribution in [-0.2, 0) is 48.6 Å². The van der Waals surface area contributed by atoms with E-state index in [1.54, 1.807) is 0 Å². The van der Waals surface area contributed by atoms with E-state index < -0.39 is 0 Å². The molecule has 0 saturated carbocycles. The first-order valence-electron chi connectivity index (χ1n) is 16.8. The number of rotatable bonds is 0. The first-order valence-corrected chi connectivity index (χ1v) is 16.8. The Morgan fingerprint density at radius 2 is 0.688 bits per heavy atom. The van der Waals surface area contributed by atoms with Crippen LogP contribution in [0.2, 0.25) is 0 Å². The maximum Gasteiger partial charge on any atom is 0.251 e. The highest BCUT2D eigenvalue weighted by molar-refractivity contribution is 5.94. The van der Waals surface area contributed by atoms with Gasteiger partial charge in [0.2, 0.25) is 11.8 Å². The van der Waals surface area contributed by atoms with Crippen LogP contribution in [0.25, 0.3) is 0 Å². The van der Waals surface area contributed by atoms with Crippen molar-refractivity contribution in [2.45, 2.75) is 77.5 Å². The van der Waals surface area contributed by atoms with Crippen LogP contribution >= 0.6 is 0 Å². The maximum absolute atomic E-state index is 12.3. The number of fused-ring (bicyclic) bond motifs is 20. The molecular weight excluding hydrogens is 600 g/mol. The Morgan fingerprint density at radius 1 is 0.354 bits per heavy atom. The van der Waals surface area contributed by atoms with Gasteiger partial charge in [-0.1, -0.05) is 72.8 Å². The molecule has 0 unspecified atom stereocenters. The smallest absolute Gasteiger partial charge is 0.251 e. The lowest BCUT2D eigenvalue weighted by Gasteiger charge is -2.08. The van der Waals surface area contributed by atoms with Crippen LogP contribution in [0.3, 0.4) is 0 Å². The van der Waals surface area contributed by atoms with Crippen molar-refractivity contribution in [1.82, 2.24) is 21.3 Å². The maximum atomic E-state index is 12.3. The Bertz CT molecular complexity index is 1570. The lowest BCUT2D eigenvalue weighted by molar-refractivity contribution is -0.122. The number of aryl methyl sites for hydroxylation is 2. The van der Waals surface area contributed by atoms with E-state index in [-0.39, 0.29) is 23.6 Å². The molecule has 4 aromatic rings. The first-order chi connectivity index (χ1) is 23.4. The molecule has 8 heteroatoms. The van der Waals surface area contributed by atoms with Gasteiger partial charge in [0.1, 0.15) is 0 Å². The quantitative estimate of drug-likeness (QED) is 0.190. The van der Waals surface area contributed by atoms with Crippen LogP contribution in [-0.4, -0.2) is 23.6 Å². The average molecular weight is 645 g/mol. The molecule has 0 spiro atoms. The summed E-state index contributed by atoms with van der Waals surface area (Å²) in [6.07, 6.45) is 6.41. The molecule has 4 aliphatic rings. The minimum Gasteiger partial charge on any atom is -0.352 e. The van der Waals surface area contributed by atoms with Gasteiger partial charge in [-0.2, -0.15) is 0 Å². The van der Waals surface area contributed by atoms with Crippen molar-refractivity contribution in [3.63, 3.8) is 0 Å². The summed E-state index contributed by atoms with van der Waals surface area (Å²) in [5.74, 6) is 0.0761. The predicted molar refractivity (Wildman–Crippen MR) is 187 cm³/mol. The molecule has 48 heavy (non-hydrogen) atoms. The second-order valence-corrected chi connectivity index (χ2v) is 12.4. The molecule has 4 N–H and O–H groups in total. The zero-order valence-corrected chi connectivity index (χ0v) is 27.4. The molecule has 8 nitrogen and oxygen atoms in total. The molecule has 8 bridgehead atoms. The molecule has 0 saturated heterocycles. The van der Waals surface area contributed by atoms with Gasteiger partial charge in [-0.3, -0.25) is 19.2 Å². The average Bonchev–Trinajstić information content (AvgIpc) is 3.12. The Balaban J connectivity index is 0.000000188. The molecule has 0 fully saturated rings. The van der Waals surface area contributed by atoms with Crippen LogP contribution in [0, 0.1) is 0 Å². The highest BCUT2D eigenvalue weighted by atomic mass is 16.2. The standard InChI is InChI=1S/2C20H22N2O2/c2*23-19-7-2-1-4-15-5-3-6-18(12-15)20(24)22-14-17-10-8-16(9-11-17)13-21-19/h2*3,5-6,8-12H,1-2,4,7,13-14H2,(H,21,23)(H,22,24). The SMILES string of the molecule is O=C1CCCCc2cccc(c2)C(=O)NCc2ccc(cc2)CN1.O=C1CCCCc2cccc(c2)C(=O)NCc2ccc(cc2)CN1. The fraction of sp³-hybridized carbons (Fsp3) is 0.300. The van der Waals surface area contributed by atoms with Crippen molar-refractivity contribution in [3.8, 4) is 0 Å². The number of carbonyl (C=O) groups excluding carboxylic acids is 4. The molecule has 0 aromatic heterocycles. The summed E-state index contributed by atoms with van der Waals surface area (Å²) in [5, 5.41) is 11.8. The number of hydrogen-bond donors (Lipinski definition) is 4. The first kappa shape index (κ1) is 34.1. The van der Waals surface area contributed by atoms with Crippen LogP contribution in [0.5, 0.6) is 0 Å². The predicted octanol–water partition coefficient (Wildman–Crippen LogP) is 5.92. The molecule has 0 radical (unpaired) electrons. The van der Waals surface area contributed by atoms with Gasteiger partial charge >= 0.3 is 0 Å². The van der Waals surface area contributed by atoms with E-state index in [1.165, 1.54) is 0 Å². The third-order valence-corrected chi connectivity index (χ3v) is 8.55. The van der Waals surface area contributed by atoms with Crippen molar-refractivity contribution in [2.75, 3.05) is 0 Å². The summed E-state index contributed by atoms with van der Waals surface area (Å²) in [6, 6.07) is 31.3. The molecule has 4 heterocycles. The van der Waals surface area contributed by atoms with Gasteiger partial charge in [-0.25, -0.2) is 0 Å². The lowest BCUT2D eigenvalue weighted by Crippen LogP contribution is -2.23. The van der Waals surface area contributed by atoms with Crippen LogP contribution < -0.4 is 21.3 Å². The van der Waals surface area contributed by atoms with Gasteiger partial charge in [0.25, 0.3) is 11.8 Å². The molecule has 0 aliphatic carbocycles. The second-order valence-electron chi connectivity index (χ2n) is 12.4. The molecule has 4 amide bonds. The largest absolute Gasteiger partial charge is 0.352 e. The molecule has 4 aromatic carbocycles. The van der Waals surface area contributed by atoms with Crippen molar-refractivity contribution in [2.24, 2.45) is 0 Å². The molecule has 0 atom stereocenters. The molecule has 4 aliphatic heterocycles. The van der Waals surface area contributed by atoms with Gasteiger partial charge in [-0.15, -0.1) is 0 Å². The van der Waals surface area contributed by atoms with Gasteiger partial charge in [-0.05, 0) is 96.2 Å². The van der Waals surface area contributed by atoms with E-state index in [4.69, 9.17) is 0 Å². The summed E-state index contributed by atoms with van der Waals surface area (Å²) >= 11 is 0. The van der Waals surface area contributed by atoms with E-state index in [0.717, 1.165) is 71.9 Å². The monoisotopic (exact) mass is 644 g/mol. The normalized spacial score (nSPS) is 16.2. The number of benzene rings is 4. The Labute approximate surface area is 282 Å². The highest BCUT2D eigenvalue weighted by Crippen LogP contribution is 2.13. The van der Waals surface area contributed by atoms with Gasteiger partial charge in [0, 0.05) is 50.1 Å². The van der Waals surface area contributed by atoms with Crippen molar-refractivity contribution < 1.29 is 19.2 Å².